The molecule has 4 saturated carbocycles. The maximum atomic E-state index is 13.6. The monoisotopic (exact) mass is 457 g/mol. The average molecular weight is 458 g/mol. The van der Waals surface area contributed by atoms with Crippen molar-refractivity contribution in [2.45, 2.75) is 62.6 Å². The minimum atomic E-state index is -2.83. The number of amides is 1. The van der Waals surface area contributed by atoms with Gasteiger partial charge >= 0.3 is 0 Å². The number of nitrogens with zero attached hydrogens (tertiary/aromatic N) is 6. The first-order chi connectivity index (χ1) is 14.3. The Morgan fingerprint density at radius 2 is 2.07 bits per heavy atom. The molecular formula is C18H22ClF2N7OS. The molecule has 4 bridgehead atoms. The summed E-state index contributed by atoms with van der Waals surface area (Å²) in [5.74, 6) is 0.622. The topological polar surface area (TPSA) is 90.5 Å². The number of nitrogens with one attached hydrogen (secondary N) is 1. The lowest BCUT2D eigenvalue weighted by Gasteiger charge is -2.60. The number of alkyl halides is 2. The number of carbonyl (C=O) groups excluding carboxylic acids is 1. The lowest BCUT2D eigenvalue weighted by molar-refractivity contribution is -0.151. The molecular weight excluding hydrogens is 436 g/mol. The quantitative estimate of drug-likeness (QED) is 0.666. The van der Waals surface area contributed by atoms with Crippen molar-refractivity contribution in [3.63, 3.8) is 0 Å². The Morgan fingerprint density at radius 3 is 2.67 bits per heavy atom. The van der Waals surface area contributed by atoms with Crippen LogP contribution in [0.15, 0.2) is 11.5 Å². The number of halogens is 3. The number of carbonyl (C=O) groups is 1. The maximum absolute atomic E-state index is 13.6. The Labute approximate surface area is 181 Å². The first-order valence-corrected chi connectivity index (χ1v) is 11.5. The molecule has 4 aliphatic carbocycles. The van der Waals surface area contributed by atoms with Gasteiger partial charge in [0.1, 0.15) is 6.33 Å². The van der Waals surface area contributed by atoms with Gasteiger partial charge in [-0.2, -0.15) is 0 Å². The summed E-state index contributed by atoms with van der Waals surface area (Å²) < 4.78 is 29.8. The van der Waals surface area contributed by atoms with E-state index in [0.717, 1.165) is 36.8 Å². The van der Waals surface area contributed by atoms with E-state index >= 15 is 0 Å². The Balaban J connectivity index is 1.47. The molecule has 162 valence electrons. The zero-order chi connectivity index (χ0) is 21.1. The van der Waals surface area contributed by atoms with Crippen LogP contribution in [0, 0.1) is 17.3 Å². The van der Waals surface area contributed by atoms with Gasteiger partial charge in [0.2, 0.25) is 22.2 Å². The lowest BCUT2D eigenvalue weighted by atomic mass is 9.46. The molecule has 0 saturated heterocycles. The van der Waals surface area contributed by atoms with Crippen molar-refractivity contribution >= 4 is 29.3 Å². The molecule has 4 aliphatic rings. The van der Waals surface area contributed by atoms with Gasteiger partial charge in [0.25, 0.3) is 6.43 Å². The summed E-state index contributed by atoms with van der Waals surface area (Å²) in [6.07, 6.45) is 3.87. The van der Waals surface area contributed by atoms with Crippen molar-refractivity contribution in [3.05, 3.63) is 17.4 Å². The van der Waals surface area contributed by atoms with Crippen molar-refractivity contribution in [2.75, 3.05) is 11.2 Å². The van der Waals surface area contributed by atoms with Gasteiger partial charge in [-0.25, -0.2) is 23.1 Å². The number of rotatable bonds is 6. The lowest BCUT2D eigenvalue weighted by Crippen LogP contribution is -2.60. The van der Waals surface area contributed by atoms with Crippen LogP contribution in [0.5, 0.6) is 0 Å². The molecule has 2 atom stereocenters. The smallest absolute Gasteiger partial charge is 0.273 e. The van der Waals surface area contributed by atoms with Crippen LogP contribution in [-0.2, 0) is 10.3 Å². The summed E-state index contributed by atoms with van der Waals surface area (Å²) in [5, 5.41) is 12.2. The van der Waals surface area contributed by atoms with E-state index in [0.29, 0.717) is 24.0 Å². The second-order valence-electron chi connectivity index (χ2n) is 8.77. The molecule has 4 fully saturated rings. The number of aromatic nitrogens is 6. The fourth-order valence-electron chi connectivity index (χ4n) is 6.19. The van der Waals surface area contributed by atoms with Crippen LogP contribution < -0.4 is 5.43 Å². The highest BCUT2D eigenvalue weighted by Crippen LogP contribution is 2.64. The van der Waals surface area contributed by atoms with E-state index in [2.05, 4.69) is 25.7 Å². The molecule has 2 aromatic rings. The summed E-state index contributed by atoms with van der Waals surface area (Å²) in [6, 6.07) is 0. The highest BCUT2D eigenvalue weighted by Gasteiger charge is 2.62. The summed E-state index contributed by atoms with van der Waals surface area (Å²) in [6.45, 7) is 1.89. The predicted molar refractivity (Wildman–Crippen MR) is 106 cm³/mol. The first kappa shape index (κ1) is 20.2. The molecule has 1 amide bonds. The number of hydrogen-bond donors (Lipinski definition) is 1. The SMILES string of the molecule is CCSc1nnc(C(F)F)n1NC(=O)C12CC3CC(C1)CC(n1cnc(Cl)n1)(C3)C2. The third-order valence-electron chi connectivity index (χ3n) is 6.80. The van der Waals surface area contributed by atoms with Crippen molar-refractivity contribution in [2.24, 2.45) is 17.3 Å². The molecule has 0 aromatic carbocycles. The van der Waals surface area contributed by atoms with E-state index in [1.807, 2.05) is 11.6 Å². The molecule has 2 heterocycles. The van der Waals surface area contributed by atoms with E-state index in [9.17, 15) is 13.6 Å². The Hall–Kier alpha value is -1.75. The number of thioether (sulfide) groups is 1. The third kappa shape index (κ3) is 3.12. The van der Waals surface area contributed by atoms with Crippen LogP contribution in [-0.4, -0.2) is 41.3 Å². The minimum Gasteiger partial charge on any atom is -0.273 e. The highest BCUT2D eigenvalue weighted by atomic mass is 35.5. The maximum Gasteiger partial charge on any atom is 0.299 e. The van der Waals surface area contributed by atoms with E-state index < -0.39 is 17.7 Å². The molecule has 0 spiro atoms. The van der Waals surface area contributed by atoms with Gasteiger partial charge in [-0.1, -0.05) is 18.7 Å². The molecule has 2 aromatic heterocycles. The minimum absolute atomic E-state index is 0.191. The highest BCUT2D eigenvalue weighted by molar-refractivity contribution is 7.99. The van der Waals surface area contributed by atoms with Crippen molar-refractivity contribution in [1.29, 1.82) is 0 Å². The van der Waals surface area contributed by atoms with Crippen LogP contribution in [0.1, 0.15) is 57.7 Å². The van der Waals surface area contributed by atoms with E-state index in [1.165, 1.54) is 11.8 Å². The zero-order valence-electron chi connectivity index (χ0n) is 16.4. The fraction of sp³-hybridized carbons (Fsp3) is 0.722. The number of hydrogen-bond acceptors (Lipinski definition) is 6. The Bertz CT molecular complexity index is 966. The summed E-state index contributed by atoms with van der Waals surface area (Å²) in [7, 11) is 0. The zero-order valence-corrected chi connectivity index (χ0v) is 18.0. The van der Waals surface area contributed by atoms with Gasteiger partial charge in [0.05, 0.1) is 11.0 Å². The second kappa shape index (κ2) is 7.15. The molecule has 6 rings (SSSR count). The second-order valence-corrected chi connectivity index (χ2v) is 10.3. The van der Waals surface area contributed by atoms with Gasteiger partial charge in [-0.15, -0.1) is 15.3 Å². The largest absolute Gasteiger partial charge is 0.299 e. The van der Waals surface area contributed by atoms with Crippen LogP contribution in [0.4, 0.5) is 8.78 Å². The fourth-order valence-corrected chi connectivity index (χ4v) is 6.94. The van der Waals surface area contributed by atoms with Gasteiger partial charge in [0.15, 0.2) is 0 Å². The standard InChI is InChI=1S/C18H22ClF2N7OS/c1-2-30-16-24-23-13(12(20)21)28(16)25-14(29)17-4-10-3-11(5-17)7-18(6-10,8-17)27-9-22-15(19)26-27/h9-12H,2-8H2,1H3,(H,25,29). The van der Waals surface area contributed by atoms with Gasteiger partial charge in [-0.3, -0.25) is 10.2 Å². The molecule has 0 aliphatic heterocycles. The van der Waals surface area contributed by atoms with Crippen molar-refractivity contribution < 1.29 is 13.6 Å². The first-order valence-electron chi connectivity index (χ1n) is 10.1. The normalized spacial score (nSPS) is 32.2. The van der Waals surface area contributed by atoms with Gasteiger partial charge < -0.3 is 0 Å². The molecule has 0 radical (unpaired) electrons. The average Bonchev–Trinajstić information content (AvgIpc) is 3.28. The van der Waals surface area contributed by atoms with Crippen molar-refractivity contribution in [3.8, 4) is 0 Å². The van der Waals surface area contributed by atoms with Gasteiger partial charge in [-0.05, 0) is 67.7 Å². The van der Waals surface area contributed by atoms with E-state index in [-0.39, 0.29) is 21.9 Å². The van der Waals surface area contributed by atoms with Crippen LogP contribution in [0.25, 0.3) is 0 Å². The van der Waals surface area contributed by atoms with Crippen LogP contribution in [0.3, 0.4) is 0 Å². The summed E-state index contributed by atoms with van der Waals surface area (Å²) in [4.78, 5) is 17.6. The third-order valence-corrected chi connectivity index (χ3v) is 7.79. The summed E-state index contributed by atoms with van der Waals surface area (Å²) in [5.41, 5.74) is 1.79. The van der Waals surface area contributed by atoms with E-state index in [1.54, 1.807) is 6.33 Å². The van der Waals surface area contributed by atoms with Crippen LogP contribution in [0.2, 0.25) is 5.28 Å². The Kier molecular flexibility index (Phi) is 4.81. The van der Waals surface area contributed by atoms with E-state index in [4.69, 9.17) is 11.6 Å². The van der Waals surface area contributed by atoms with Gasteiger partial charge in [0, 0.05) is 0 Å². The molecule has 8 nitrogen and oxygen atoms in total. The molecule has 12 heteroatoms. The predicted octanol–water partition coefficient (Wildman–Crippen LogP) is 3.64. The Morgan fingerprint density at radius 1 is 1.33 bits per heavy atom. The molecule has 2 unspecified atom stereocenters. The molecule has 1 N–H and O–H groups in total. The summed E-state index contributed by atoms with van der Waals surface area (Å²) >= 11 is 7.24. The van der Waals surface area contributed by atoms with Crippen molar-refractivity contribution in [1.82, 2.24) is 29.6 Å². The molecule has 30 heavy (non-hydrogen) atoms. The van der Waals surface area contributed by atoms with Crippen LogP contribution >= 0.6 is 23.4 Å².